The van der Waals surface area contributed by atoms with Gasteiger partial charge in [-0.2, -0.15) is 0 Å². The van der Waals surface area contributed by atoms with Crippen LogP contribution in [-0.4, -0.2) is 64.6 Å². The lowest BCUT2D eigenvalue weighted by molar-refractivity contribution is 0.0600. The summed E-state index contributed by atoms with van der Waals surface area (Å²) in [6.45, 7) is 5.14. The van der Waals surface area contributed by atoms with Gasteiger partial charge in [-0.25, -0.2) is 14.8 Å². The van der Waals surface area contributed by atoms with Crippen molar-refractivity contribution in [2.24, 2.45) is 0 Å². The van der Waals surface area contributed by atoms with Crippen molar-refractivity contribution in [2.75, 3.05) is 39.1 Å². The second-order valence-corrected chi connectivity index (χ2v) is 8.55. The van der Waals surface area contributed by atoms with E-state index in [4.69, 9.17) is 14.7 Å². The van der Waals surface area contributed by atoms with Gasteiger partial charge in [0.1, 0.15) is 22.8 Å². The van der Waals surface area contributed by atoms with Crippen LogP contribution in [0.3, 0.4) is 0 Å². The number of hydrogen-bond acceptors (Lipinski definition) is 7. The highest BCUT2D eigenvalue weighted by Gasteiger charge is 2.17. The van der Waals surface area contributed by atoms with E-state index in [1.54, 1.807) is 6.07 Å². The highest BCUT2D eigenvalue weighted by atomic mass is 16.5. The van der Waals surface area contributed by atoms with Gasteiger partial charge in [0.2, 0.25) is 0 Å². The van der Waals surface area contributed by atoms with Gasteiger partial charge in [-0.05, 0) is 44.6 Å². The molecule has 8 nitrogen and oxygen atoms in total. The van der Waals surface area contributed by atoms with Gasteiger partial charge in [0, 0.05) is 19.2 Å². The van der Waals surface area contributed by atoms with Gasteiger partial charge in [0.15, 0.2) is 0 Å². The minimum atomic E-state index is -0.422. The molecule has 0 aliphatic rings. The molecule has 0 fully saturated rings. The van der Waals surface area contributed by atoms with Gasteiger partial charge in [-0.3, -0.25) is 4.98 Å². The Bertz CT molecular complexity index is 1250. The Morgan fingerprint density at radius 2 is 1.94 bits per heavy atom. The number of methoxy groups -OCH3 is 1. The van der Waals surface area contributed by atoms with Crippen LogP contribution in [0.15, 0.2) is 42.6 Å². The number of esters is 1. The molecule has 0 aliphatic heterocycles. The molecule has 0 saturated carbocycles. The fourth-order valence-electron chi connectivity index (χ4n) is 4.02. The summed E-state index contributed by atoms with van der Waals surface area (Å²) in [5, 5.41) is 4.36. The lowest BCUT2D eigenvalue weighted by Crippen LogP contribution is -2.22. The Morgan fingerprint density at radius 1 is 1.15 bits per heavy atom. The molecule has 3 heterocycles. The summed E-state index contributed by atoms with van der Waals surface area (Å²) in [7, 11) is 3.53. The molecule has 0 aliphatic carbocycles. The van der Waals surface area contributed by atoms with E-state index in [2.05, 4.69) is 46.3 Å². The SMILES string of the molecule is CCCCN(C)CCCNc1nc(Cc2ccccc2)nc2[nH]c3cc(C(=O)OC)cnc3c12. The van der Waals surface area contributed by atoms with Crippen molar-refractivity contribution in [3.05, 3.63) is 59.5 Å². The number of carbonyl (C=O) groups is 1. The Morgan fingerprint density at radius 3 is 2.71 bits per heavy atom. The van der Waals surface area contributed by atoms with Crippen LogP contribution in [0.25, 0.3) is 22.1 Å². The maximum atomic E-state index is 12.0. The third kappa shape index (κ3) is 5.51. The Kier molecular flexibility index (Phi) is 7.69. The smallest absolute Gasteiger partial charge is 0.339 e. The number of pyridine rings is 1. The molecule has 4 aromatic rings. The number of fused-ring (bicyclic) bond motifs is 3. The molecule has 0 spiro atoms. The number of unbranched alkanes of at least 4 members (excludes halogenated alkanes) is 1. The van der Waals surface area contributed by atoms with Crippen LogP contribution in [0.4, 0.5) is 5.82 Å². The highest BCUT2D eigenvalue weighted by molar-refractivity contribution is 6.10. The lowest BCUT2D eigenvalue weighted by Gasteiger charge is -2.16. The number of nitrogens with one attached hydrogen (secondary N) is 2. The number of ether oxygens (including phenoxy) is 1. The van der Waals surface area contributed by atoms with Crippen molar-refractivity contribution in [2.45, 2.75) is 32.6 Å². The molecular weight excluding hydrogens is 428 g/mol. The number of aromatic amines is 1. The largest absolute Gasteiger partial charge is 0.465 e. The molecule has 2 N–H and O–H groups in total. The lowest BCUT2D eigenvalue weighted by atomic mass is 10.1. The summed E-state index contributed by atoms with van der Waals surface area (Å²) < 4.78 is 4.84. The summed E-state index contributed by atoms with van der Waals surface area (Å²) in [6.07, 6.45) is 5.58. The summed E-state index contributed by atoms with van der Waals surface area (Å²) in [5.74, 6) is 1.06. The molecule has 0 amide bonds. The van der Waals surface area contributed by atoms with Crippen LogP contribution in [0.2, 0.25) is 0 Å². The standard InChI is InChI=1S/C26H32N6O2/c1-4-5-13-32(2)14-9-12-27-24-22-23-20(16-19(17-28-23)26(33)34-3)29-25(22)31-21(30-24)15-18-10-7-6-8-11-18/h6-8,10-11,16-17H,4-5,9,12-15H2,1-3H3,(H2,27,29,30,31). The Labute approximate surface area is 199 Å². The number of carbonyl (C=O) groups excluding carboxylic acids is 1. The van der Waals surface area contributed by atoms with E-state index >= 15 is 0 Å². The number of aromatic nitrogens is 4. The van der Waals surface area contributed by atoms with E-state index in [1.165, 1.54) is 26.1 Å². The molecule has 34 heavy (non-hydrogen) atoms. The van der Waals surface area contributed by atoms with Gasteiger partial charge < -0.3 is 19.9 Å². The molecule has 0 bridgehead atoms. The predicted octanol–water partition coefficient (Wildman–Crippen LogP) is 4.42. The molecule has 0 saturated heterocycles. The maximum Gasteiger partial charge on any atom is 0.339 e. The molecular formula is C26H32N6O2. The van der Waals surface area contributed by atoms with Crippen LogP contribution >= 0.6 is 0 Å². The minimum Gasteiger partial charge on any atom is -0.465 e. The van der Waals surface area contributed by atoms with E-state index in [1.807, 2.05) is 18.2 Å². The van der Waals surface area contributed by atoms with E-state index in [0.29, 0.717) is 17.6 Å². The van der Waals surface area contributed by atoms with E-state index in [0.717, 1.165) is 59.7 Å². The molecule has 0 unspecified atom stereocenters. The fraction of sp³-hybridized carbons (Fsp3) is 0.385. The average molecular weight is 461 g/mol. The molecule has 0 radical (unpaired) electrons. The van der Waals surface area contributed by atoms with Crippen molar-refractivity contribution in [3.8, 4) is 0 Å². The van der Waals surface area contributed by atoms with Crippen molar-refractivity contribution in [3.63, 3.8) is 0 Å². The van der Waals surface area contributed by atoms with Crippen molar-refractivity contribution in [1.29, 1.82) is 0 Å². The first-order valence-corrected chi connectivity index (χ1v) is 11.8. The number of H-pyrrole nitrogens is 1. The molecule has 0 atom stereocenters. The predicted molar refractivity (Wildman–Crippen MR) is 135 cm³/mol. The third-order valence-corrected chi connectivity index (χ3v) is 5.86. The van der Waals surface area contributed by atoms with Crippen LogP contribution in [0, 0.1) is 0 Å². The van der Waals surface area contributed by atoms with E-state index < -0.39 is 5.97 Å². The molecule has 178 valence electrons. The monoisotopic (exact) mass is 460 g/mol. The number of hydrogen-bond donors (Lipinski definition) is 2. The zero-order valence-electron chi connectivity index (χ0n) is 20.1. The highest BCUT2D eigenvalue weighted by Crippen LogP contribution is 2.29. The maximum absolute atomic E-state index is 12.0. The van der Waals surface area contributed by atoms with Crippen LogP contribution < -0.4 is 5.32 Å². The van der Waals surface area contributed by atoms with Crippen molar-refractivity contribution < 1.29 is 9.53 Å². The van der Waals surface area contributed by atoms with Gasteiger partial charge in [0.25, 0.3) is 0 Å². The summed E-state index contributed by atoms with van der Waals surface area (Å²) in [6, 6.07) is 11.9. The summed E-state index contributed by atoms with van der Waals surface area (Å²) >= 11 is 0. The van der Waals surface area contributed by atoms with Crippen molar-refractivity contribution in [1.82, 2.24) is 24.8 Å². The topological polar surface area (TPSA) is 96.0 Å². The summed E-state index contributed by atoms with van der Waals surface area (Å²) in [4.78, 5) is 31.9. The van der Waals surface area contributed by atoms with E-state index in [-0.39, 0.29) is 0 Å². The van der Waals surface area contributed by atoms with Gasteiger partial charge in [-0.15, -0.1) is 0 Å². The second kappa shape index (κ2) is 11.1. The molecule has 1 aromatic carbocycles. The number of rotatable bonds is 11. The van der Waals surface area contributed by atoms with E-state index in [9.17, 15) is 4.79 Å². The fourth-order valence-corrected chi connectivity index (χ4v) is 4.02. The molecule has 4 rings (SSSR count). The number of benzene rings is 1. The number of nitrogens with zero attached hydrogens (tertiary/aromatic N) is 4. The average Bonchev–Trinajstić information content (AvgIpc) is 3.23. The quantitative estimate of drug-likeness (QED) is 0.253. The molecule has 3 aromatic heterocycles. The van der Waals surface area contributed by atoms with Crippen LogP contribution in [0.1, 0.15) is 47.9 Å². The van der Waals surface area contributed by atoms with Gasteiger partial charge >= 0.3 is 5.97 Å². The summed E-state index contributed by atoms with van der Waals surface area (Å²) in [5.41, 5.74) is 3.70. The first-order chi connectivity index (χ1) is 16.6. The molecule has 8 heteroatoms. The normalized spacial score (nSPS) is 11.4. The zero-order valence-corrected chi connectivity index (χ0v) is 20.1. The van der Waals surface area contributed by atoms with Gasteiger partial charge in [0.05, 0.1) is 23.6 Å². The van der Waals surface area contributed by atoms with Gasteiger partial charge in [-0.1, -0.05) is 43.7 Å². The Hall–Kier alpha value is -3.52. The second-order valence-electron chi connectivity index (χ2n) is 8.55. The van der Waals surface area contributed by atoms with Crippen LogP contribution in [0.5, 0.6) is 0 Å². The number of anilines is 1. The third-order valence-electron chi connectivity index (χ3n) is 5.86. The zero-order chi connectivity index (χ0) is 23.9. The van der Waals surface area contributed by atoms with Crippen LogP contribution in [-0.2, 0) is 11.2 Å². The first-order valence-electron chi connectivity index (χ1n) is 11.8. The van der Waals surface area contributed by atoms with Crippen molar-refractivity contribution >= 4 is 33.9 Å². The minimum absolute atomic E-state index is 0.392. The Balaban J connectivity index is 1.64. The first kappa shape index (κ1) is 23.6.